The Morgan fingerprint density at radius 3 is 2.77 bits per heavy atom. The molecule has 0 spiro atoms. The molecular weight excluding hydrogens is 436 g/mol. The summed E-state index contributed by atoms with van der Waals surface area (Å²) in [5.41, 5.74) is 0.598. The molecule has 10 heteroatoms. The predicted molar refractivity (Wildman–Crippen MR) is 112 cm³/mol. The number of carbonyl (C=O) groups excluding carboxylic acids is 1. The number of carbonyl (C=O) groups is 1. The van der Waals surface area contributed by atoms with E-state index in [0.717, 1.165) is 17.4 Å². The average molecular weight is 454 g/mol. The van der Waals surface area contributed by atoms with Gasteiger partial charge in [-0.3, -0.25) is 0 Å². The second-order valence-corrected chi connectivity index (χ2v) is 8.22. The fourth-order valence-electron chi connectivity index (χ4n) is 3.28. The van der Waals surface area contributed by atoms with Crippen molar-refractivity contribution in [1.82, 2.24) is 9.88 Å². The number of hydrogen-bond acceptors (Lipinski definition) is 5. The Labute approximate surface area is 180 Å². The van der Waals surface area contributed by atoms with Crippen LogP contribution in [-0.4, -0.2) is 42.2 Å². The number of nitrogens with one attached hydrogen (secondary N) is 1. The van der Waals surface area contributed by atoms with E-state index in [1.165, 1.54) is 13.2 Å². The highest BCUT2D eigenvalue weighted by molar-refractivity contribution is 7.20. The molecule has 0 bridgehead atoms. The second kappa shape index (κ2) is 8.61. The Morgan fingerprint density at radius 2 is 2.03 bits per heavy atom. The molecule has 3 aromatic rings. The van der Waals surface area contributed by atoms with E-state index in [0.29, 0.717) is 52.3 Å². The van der Waals surface area contributed by atoms with Gasteiger partial charge < -0.3 is 19.7 Å². The number of thiazole rings is 1. The highest BCUT2D eigenvalue weighted by Gasteiger charge is 2.25. The predicted octanol–water partition coefficient (Wildman–Crippen LogP) is 5.31. The smallest absolute Gasteiger partial charge is 0.321 e. The monoisotopic (exact) mass is 453 g/mol. The van der Waals surface area contributed by atoms with Crippen LogP contribution in [0.15, 0.2) is 30.3 Å². The van der Waals surface area contributed by atoms with Gasteiger partial charge in [-0.1, -0.05) is 22.9 Å². The molecule has 2 heterocycles. The van der Waals surface area contributed by atoms with Gasteiger partial charge in [0.15, 0.2) is 5.82 Å². The highest BCUT2D eigenvalue weighted by Crippen LogP contribution is 2.32. The Balaban J connectivity index is 1.35. The van der Waals surface area contributed by atoms with E-state index in [9.17, 15) is 13.6 Å². The van der Waals surface area contributed by atoms with Gasteiger partial charge in [0.2, 0.25) is 0 Å². The molecule has 0 atom stereocenters. The van der Waals surface area contributed by atoms with Crippen LogP contribution in [0.5, 0.6) is 10.9 Å². The molecule has 0 radical (unpaired) electrons. The minimum atomic E-state index is -0.709. The largest absolute Gasteiger partial charge is 0.495 e. The summed E-state index contributed by atoms with van der Waals surface area (Å²) < 4.78 is 38.7. The van der Waals surface area contributed by atoms with Gasteiger partial charge in [-0.2, -0.15) is 4.98 Å². The Kier molecular flexibility index (Phi) is 5.92. The Bertz CT molecular complexity index is 1090. The zero-order valence-corrected chi connectivity index (χ0v) is 17.5. The number of aromatic nitrogens is 1. The maximum Gasteiger partial charge on any atom is 0.321 e. The first-order chi connectivity index (χ1) is 14.4. The SMILES string of the molecule is COc1ccc(Cl)cc1NC(=O)N1CCC(Oc2nc3c(F)cc(F)cc3s2)CC1. The van der Waals surface area contributed by atoms with E-state index in [4.69, 9.17) is 21.1 Å². The summed E-state index contributed by atoms with van der Waals surface area (Å²) in [7, 11) is 1.52. The topological polar surface area (TPSA) is 63.7 Å². The van der Waals surface area contributed by atoms with Crippen LogP contribution in [0, 0.1) is 11.6 Å². The van der Waals surface area contributed by atoms with Gasteiger partial charge in [0, 0.05) is 37.0 Å². The number of amides is 2. The van der Waals surface area contributed by atoms with Gasteiger partial charge in [-0.15, -0.1) is 0 Å². The molecule has 1 aliphatic rings. The first-order valence-electron chi connectivity index (χ1n) is 9.24. The fraction of sp³-hybridized carbons (Fsp3) is 0.300. The standard InChI is InChI=1S/C20H18ClF2N3O3S/c1-28-16-3-2-11(21)8-15(16)24-19(27)26-6-4-13(5-7-26)29-20-25-18-14(23)9-12(22)10-17(18)30-20/h2-3,8-10,13H,4-7H2,1H3,(H,24,27). The van der Waals surface area contributed by atoms with Crippen LogP contribution < -0.4 is 14.8 Å². The van der Waals surface area contributed by atoms with Crippen LogP contribution in [0.3, 0.4) is 0 Å². The molecule has 1 aliphatic heterocycles. The molecule has 1 fully saturated rings. The van der Waals surface area contributed by atoms with Crippen molar-refractivity contribution < 1.29 is 23.0 Å². The number of ether oxygens (including phenoxy) is 2. The summed E-state index contributed by atoms with van der Waals surface area (Å²) in [6.07, 6.45) is 1.02. The van der Waals surface area contributed by atoms with Gasteiger partial charge in [-0.25, -0.2) is 13.6 Å². The number of likely N-dealkylation sites (tertiary alicyclic amines) is 1. The van der Waals surface area contributed by atoms with Gasteiger partial charge in [0.1, 0.15) is 23.2 Å². The lowest BCUT2D eigenvalue weighted by Gasteiger charge is -2.31. The number of benzene rings is 2. The molecule has 1 saturated heterocycles. The molecule has 4 rings (SSSR count). The minimum absolute atomic E-state index is 0.101. The van der Waals surface area contributed by atoms with Crippen molar-refractivity contribution >= 4 is 44.9 Å². The van der Waals surface area contributed by atoms with Gasteiger partial charge >= 0.3 is 6.03 Å². The lowest BCUT2D eigenvalue weighted by atomic mass is 10.1. The fourth-order valence-corrected chi connectivity index (χ4v) is 4.37. The molecular formula is C20H18ClF2N3O3S. The third kappa shape index (κ3) is 4.41. The van der Waals surface area contributed by atoms with Crippen LogP contribution in [0.4, 0.5) is 19.3 Å². The summed E-state index contributed by atoms with van der Waals surface area (Å²) in [5, 5.41) is 3.60. The quantitative estimate of drug-likeness (QED) is 0.581. The summed E-state index contributed by atoms with van der Waals surface area (Å²) in [4.78, 5) is 18.4. The molecule has 0 aliphatic carbocycles. The average Bonchev–Trinajstić information content (AvgIpc) is 3.11. The van der Waals surface area contributed by atoms with Crippen molar-refractivity contribution in [3.63, 3.8) is 0 Å². The number of nitrogens with zero attached hydrogens (tertiary/aromatic N) is 2. The number of rotatable bonds is 4. The molecule has 158 valence electrons. The summed E-state index contributed by atoms with van der Waals surface area (Å²) in [5.74, 6) is -0.838. The molecule has 30 heavy (non-hydrogen) atoms. The van der Waals surface area contributed by atoms with E-state index in [2.05, 4.69) is 10.3 Å². The maximum atomic E-state index is 13.8. The number of piperidine rings is 1. The van der Waals surface area contributed by atoms with E-state index in [1.54, 1.807) is 23.1 Å². The Hall–Kier alpha value is -2.65. The third-order valence-corrected chi connectivity index (χ3v) is 5.92. The second-order valence-electron chi connectivity index (χ2n) is 6.79. The van der Waals surface area contributed by atoms with Gasteiger partial charge in [-0.05, 0) is 24.3 Å². The highest BCUT2D eigenvalue weighted by atomic mass is 35.5. The Morgan fingerprint density at radius 1 is 1.27 bits per heavy atom. The third-order valence-electron chi connectivity index (χ3n) is 4.79. The first kappa shape index (κ1) is 20.6. The number of halogens is 3. The van der Waals surface area contributed by atoms with Crippen molar-refractivity contribution in [2.75, 3.05) is 25.5 Å². The van der Waals surface area contributed by atoms with Gasteiger partial charge in [0.25, 0.3) is 5.19 Å². The maximum absolute atomic E-state index is 13.8. The number of fused-ring (bicyclic) bond motifs is 1. The van der Waals surface area contributed by atoms with Crippen LogP contribution in [0.2, 0.25) is 5.02 Å². The molecule has 2 aromatic carbocycles. The number of hydrogen-bond donors (Lipinski definition) is 1. The number of anilines is 1. The zero-order valence-electron chi connectivity index (χ0n) is 16.0. The van der Waals surface area contributed by atoms with Crippen LogP contribution >= 0.6 is 22.9 Å². The van der Waals surface area contributed by atoms with Crippen molar-refractivity contribution in [1.29, 1.82) is 0 Å². The van der Waals surface area contributed by atoms with Crippen molar-refractivity contribution in [2.45, 2.75) is 18.9 Å². The first-order valence-corrected chi connectivity index (χ1v) is 10.4. The van der Waals surface area contributed by atoms with E-state index in [1.807, 2.05) is 0 Å². The van der Waals surface area contributed by atoms with Crippen LogP contribution in [-0.2, 0) is 0 Å². The molecule has 1 N–H and O–H groups in total. The van der Waals surface area contributed by atoms with Crippen molar-refractivity contribution in [2.24, 2.45) is 0 Å². The minimum Gasteiger partial charge on any atom is -0.495 e. The number of urea groups is 1. The summed E-state index contributed by atoms with van der Waals surface area (Å²) in [6, 6.07) is 6.78. The van der Waals surface area contributed by atoms with Crippen molar-refractivity contribution in [3.05, 3.63) is 47.0 Å². The lowest BCUT2D eigenvalue weighted by molar-refractivity contribution is 0.115. The molecule has 2 amide bonds. The number of methoxy groups -OCH3 is 1. The van der Waals surface area contributed by atoms with E-state index in [-0.39, 0.29) is 17.7 Å². The molecule has 0 saturated carbocycles. The summed E-state index contributed by atoms with van der Waals surface area (Å²) in [6.45, 7) is 0.959. The van der Waals surface area contributed by atoms with Crippen LogP contribution in [0.1, 0.15) is 12.8 Å². The molecule has 6 nitrogen and oxygen atoms in total. The van der Waals surface area contributed by atoms with Gasteiger partial charge in [0.05, 0.1) is 17.5 Å². The normalized spacial score (nSPS) is 14.7. The zero-order chi connectivity index (χ0) is 21.3. The molecule has 0 unspecified atom stereocenters. The summed E-state index contributed by atoms with van der Waals surface area (Å²) >= 11 is 7.10. The van der Waals surface area contributed by atoms with Crippen molar-refractivity contribution in [3.8, 4) is 10.9 Å². The lowest BCUT2D eigenvalue weighted by Crippen LogP contribution is -2.43. The molecule has 1 aromatic heterocycles. The van der Waals surface area contributed by atoms with E-state index < -0.39 is 11.6 Å². The van der Waals surface area contributed by atoms with Crippen LogP contribution in [0.25, 0.3) is 10.2 Å². The van der Waals surface area contributed by atoms with E-state index >= 15 is 0 Å².